The molecule has 0 radical (unpaired) electrons. The molecule has 2 aromatic carbocycles. The number of hydrogen-bond donors (Lipinski definition) is 1. The summed E-state index contributed by atoms with van der Waals surface area (Å²) in [5.74, 6) is 0.917. The first-order chi connectivity index (χ1) is 17.7. The number of carboxylic acid groups (broad SMARTS) is 1. The molecule has 3 atom stereocenters. The van der Waals surface area contributed by atoms with Crippen LogP contribution in [0.3, 0.4) is 0 Å². The van der Waals surface area contributed by atoms with Gasteiger partial charge in [-0.15, -0.1) is 0 Å². The minimum atomic E-state index is -0.739. The second-order valence-corrected chi connectivity index (χ2v) is 11.4. The number of rotatable bonds is 10. The van der Waals surface area contributed by atoms with Crippen LogP contribution in [-0.2, 0) is 11.2 Å². The van der Waals surface area contributed by atoms with Crippen LogP contribution in [0.1, 0.15) is 54.3 Å². The summed E-state index contributed by atoms with van der Waals surface area (Å²) in [6, 6.07) is 23.0. The maximum Gasteiger partial charge on any atom is 0.325 e. The average molecular weight is 503 g/mol. The van der Waals surface area contributed by atoms with Gasteiger partial charge in [-0.3, -0.25) is 9.69 Å². The first-order valence-electron chi connectivity index (χ1n) is 13.5. The molecule has 0 amide bonds. The summed E-state index contributed by atoms with van der Waals surface area (Å²) in [5.41, 5.74) is 3.71. The van der Waals surface area contributed by atoms with E-state index in [4.69, 9.17) is 0 Å². The number of carbonyl (C=O) groups is 1. The van der Waals surface area contributed by atoms with Crippen LogP contribution >= 0.6 is 11.3 Å². The zero-order valence-corrected chi connectivity index (χ0v) is 21.9. The number of thiophene rings is 1. The van der Waals surface area contributed by atoms with Gasteiger partial charge in [0.15, 0.2) is 0 Å². The fraction of sp³-hybridized carbons (Fsp3) is 0.452. The predicted molar refractivity (Wildman–Crippen MR) is 147 cm³/mol. The molecular weight excluding hydrogens is 464 g/mol. The molecule has 3 aromatic rings. The van der Waals surface area contributed by atoms with Crippen LogP contribution in [0.25, 0.3) is 0 Å². The van der Waals surface area contributed by atoms with E-state index < -0.39 is 12.0 Å². The van der Waals surface area contributed by atoms with Crippen LogP contribution in [0.4, 0.5) is 0 Å². The Labute approximate surface area is 219 Å². The van der Waals surface area contributed by atoms with E-state index in [1.54, 1.807) is 11.3 Å². The summed E-state index contributed by atoms with van der Waals surface area (Å²) in [4.78, 5) is 17.2. The number of aryl methyl sites for hydroxylation is 1. The van der Waals surface area contributed by atoms with Gasteiger partial charge in [0.05, 0.1) is 0 Å². The molecule has 5 heteroatoms. The van der Waals surface area contributed by atoms with Crippen LogP contribution in [0, 0.1) is 11.8 Å². The Balaban J connectivity index is 1.18. The standard InChI is InChI=1S/C31H38N2O2S/c34-31(35)30(27-16-19-36-23-27)33-21-28(29(22-33)26-12-5-2-6-13-26)20-32-17-14-25(15-18-32)11-7-10-24-8-3-1-4-9-24/h1-6,8-9,12-13,16,19,23,25,28-30H,7,10-11,14-15,17-18,20-22H2,(H,34,35). The maximum atomic E-state index is 12.3. The highest BCUT2D eigenvalue weighted by atomic mass is 32.1. The number of carboxylic acids is 1. The third-order valence-corrected chi connectivity index (χ3v) is 8.98. The summed E-state index contributed by atoms with van der Waals surface area (Å²) < 4.78 is 0. The Morgan fingerprint density at radius 2 is 1.69 bits per heavy atom. The largest absolute Gasteiger partial charge is 0.480 e. The molecule has 3 unspecified atom stereocenters. The van der Waals surface area contributed by atoms with Gasteiger partial charge in [0.25, 0.3) is 0 Å². The molecule has 1 N–H and O–H groups in total. The first-order valence-corrected chi connectivity index (χ1v) is 14.4. The van der Waals surface area contributed by atoms with Gasteiger partial charge in [0.2, 0.25) is 0 Å². The third-order valence-electron chi connectivity index (χ3n) is 8.28. The molecule has 4 nitrogen and oxygen atoms in total. The first kappa shape index (κ1) is 25.2. The highest BCUT2D eigenvalue weighted by Crippen LogP contribution is 2.39. The van der Waals surface area contributed by atoms with Crippen molar-refractivity contribution in [3.8, 4) is 0 Å². The Kier molecular flexibility index (Phi) is 8.52. The van der Waals surface area contributed by atoms with Crippen molar-refractivity contribution in [2.45, 2.75) is 44.1 Å². The molecule has 1 aromatic heterocycles. The van der Waals surface area contributed by atoms with E-state index in [1.165, 1.54) is 56.3 Å². The van der Waals surface area contributed by atoms with Crippen molar-refractivity contribution in [3.05, 3.63) is 94.2 Å². The number of benzene rings is 2. The van der Waals surface area contributed by atoms with Gasteiger partial charge in [0.1, 0.15) is 6.04 Å². The van der Waals surface area contributed by atoms with Crippen LogP contribution < -0.4 is 0 Å². The number of aliphatic carboxylic acids is 1. The van der Waals surface area contributed by atoms with Gasteiger partial charge >= 0.3 is 5.97 Å². The van der Waals surface area contributed by atoms with E-state index in [9.17, 15) is 9.90 Å². The van der Waals surface area contributed by atoms with Gasteiger partial charge in [-0.2, -0.15) is 11.3 Å². The van der Waals surface area contributed by atoms with Crippen LogP contribution in [-0.4, -0.2) is 53.6 Å². The second kappa shape index (κ2) is 12.2. The molecule has 2 aliphatic heterocycles. The van der Waals surface area contributed by atoms with Gasteiger partial charge in [-0.1, -0.05) is 67.1 Å². The second-order valence-electron chi connectivity index (χ2n) is 10.7. The third kappa shape index (κ3) is 6.26. The molecule has 36 heavy (non-hydrogen) atoms. The lowest BCUT2D eigenvalue weighted by atomic mass is 9.87. The maximum absolute atomic E-state index is 12.3. The van der Waals surface area contributed by atoms with E-state index >= 15 is 0 Å². The molecule has 0 saturated carbocycles. The molecule has 3 heterocycles. The summed E-state index contributed by atoms with van der Waals surface area (Å²) in [7, 11) is 0. The van der Waals surface area contributed by atoms with Gasteiger partial charge < -0.3 is 10.0 Å². The fourth-order valence-corrected chi connectivity index (χ4v) is 7.03. The van der Waals surface area contributed by atoms with Crippen molar-refractivity contribution in [1.82, 2.24) is 9.80 Å². The Bertz CT molecular complexity index is 1060. The fourth-order valence-electron chi connectivity index (χ4n) is 6.35. The van der Waals surface area contributed by atoms with E-state index in [0.29, 0.717) is 11.8 Å². The molecule has 2 fully saturated rings. The van der Waals surface area contributed by atoms with Crippen molar-refractivity contribution >= 4 is 17.3 Å². The molecular formula is C31H38N2O2S. The normalized spacial score (nSPS) is 22.6. The lowest BCUT2D eigenvalue weighted by Gasteiger charge is -2.35. The lowest BCUT2D eigenvalue weighted by Crippen LogP contribution is -2.39. The smallest absolute Gasteiger partial charge is 0.325 e. The molecule has 2 aliphatic rings. The van der Waals surface area contributed by atoms with Crippen molar-refractivity contribution < 1.29 is 9.90 Å². The molecule has 2 saturated heterocycles. The van der Waals surface area contributed by atoms with Gasteiger partial charge in [0, 0.05) is 25.6 Å². The minimum absolute atomic E-state index is 0.371. The number of nitrogens with zero attached hydrogens (tertiary/aromatic N) is 2. The average Bonchev–Trinajstić information content (AvgIpc) is 3.57. The molecule has 0 aliphatic carbocycles. The summed E-state index contributed by atoms with van der Waals surface area (Å²) in [6.45, 7) is 5.03. The number of piperidine rings is 1. The Hall–Kier alpha value is -2.47. The van der Waals surface area contributed by atoms with Crippen LogP contribution in [0.15, 0.2) is 77.5 Å². The monoisotopic (exact) mass is 502 g/mol. The zero-order chi connectivity index (χ0) is 24.7. The van der Waals surface area contributed by atoms with Gasteiger partial charge in [-0.25, -0.2) is 0 Å². The van der Waals surface area contributed by atoms with E-state index in [1.807, 2.05) is 16.8 Å². The SMILES string of the molecule is O=C(O)C(c1ccsc1)N1CC(CN2CCC(CCCc3ccccc3)CC2)C(c2ccccc2)C1. The topological polar surface area (TPSA) is 43.8 Å². The van der Waals surface area contributed by atoms with E-state index in [0.717, 1.165) is 31.1 Å². The lowest BCUT2D eigenvalue weighted by molar-refractivity contribution is -0.143. The van der Waals surface area contributed by atoms with Crippen LogP contribution in [0.5, 0.6) is 0 Å². The minimum Gasteiger partial charge on any atom is -0.480 e. The van der Waals surface area contributed by atoms with Gasteiger partial charge in [-0.05, 0) is 84.1 Å². The number of hydrogen-bond acceptors (Lipinski definition) is 4. The predicted octanol–water partition coefficient (Wildman–Crippen LogP) is 6.32. The van der Waals surface area contributed by atoms with Crippen molar-refractivity contribution in [2.75, 3.05) is 32.7 Å². The molecule has 190 valence electrons. The van der Waals surface area contributed by atoms with E-state index in [2.05, 4.69) is 70.5 Å². The highest BCUT2D eigenvalue weighted by Gasteiger charge is 2.41. The van der Waals surface area contributed by atoms with Crippen molar-refractivity contribution in [3.63, 3.8) is 0 Å². The van der Waals surface area contributed by atoms with Crippen molar-refractivity contribution in [1.29, 1.82) is 0 Å². The van der Waals surface area contributed by atoms with Crippen LogP contribution in [0.2, 0.25) is 0 Å². The van der Waals surface area contributed by atoms with Crippen molar-refractivity contribution in [2.24, 2.45) is 11.8 Å². The molecule has 5 rings (SSSR count). The molecule has 0 bridgehead atoms. The van der Waals surface area contributed by atoms with E-state index in [-0.39, 0.29) is 0 Å². The Morgan fingerprint density at radius 1 is 0.972 bits per heavy atom. The zero-order valence-electron chi connectivity index (χ0n) is 21.0. The molecule has 0 spiro atoms. The Morgan fingerprint density at radius 3 is 2.36 bits per heavy atom. The number of likely N-dealkylation sites (tertiary alicyclic amines) is 2. The highest BCUT2D eigenvalue weighted by molar-refractivity contribution is 7.08. The summed E-state index contributed by atoms with van der Waals surface area (Å²) >= 11 is 1.58. The summed E-state index contributed by atoms with van der Waals surface area (Å²) in [5, 5.41) is 14.1. The summed E-state index contributed by atoms with van der Waals surface area (Å²) in [6.07, 6.45) is 6.36. The quantitative estimate of drug-likeness (QED) is 0.352.